The first-order valence-corrected chi connectivity index (χ1v) is 9.79. The fourth-order valence-corrected chi connectivity index (χ4v) is 3.36. The lowest BCUT2D eigenvalue weighted by Gasteiger charge is -2.32. The van der Waals surface area contributed by atoms with E-state index in [0.717, 1.165) is 25.7 Å². The highest BCUT2D eigenvalue weighted by Crippen LogP contribution is 2.41. The molecule has 0 fully saturated rings. The monoisotopic (exact) mass is 384 g/mol. The number of phenols is 1. The van der Waals surface area contributed by atoms with Gasteiger partial charge in [0.05, 0.1) is 12.7 Å². The van der Waals surface area contributed by atoms with Crippen molar-refractivity contribution in [3.05, 3.63) is 52.1 Å². The second kappa shape index (κ2) is 9.13. The van der Waals surface area contributed by atoms with E-state index in [2.05, 4.69) is 32.9 Å². The van der Waals surface area contributed by atoms with Crippen molar-refractivity contribution < 1.29 is 19.4 Å². The van der Waals surface area contributed by atoms with Gasteiger partial charge in [0.25, 0.3) is 0 Å². The summed E-state index contributed by atoms with van der Waals surface area (Å²) in [7, 11) is 1.30. The first-order valence-electron chi connectivity index (χ1n) is 9.79. The molecular weight excluding hydrogens is 352 g/mol. The smallest absolute Gasteiger partial charge is 0.341 e. The molecule has 0 spiro atoms. The molecule has 0 aromatic heterocycles. The lowest BCUT2D eigenvalue weighted by Crippen LogP contribution is -2.32. The molecule has 1 N–H and O–H groups in total. The number of hydrogen-bond acceptors (Lipinski definition) is 4. The molecule has 1 aromatic rings. The van der Waals surface area contributed by atoms with E-state index in [9.17, 15) is 9.90 Å². The lowest BCUT2D eigenvalue weighted by molar-refractivity contribution is 0.0596. The van der Waals surface area contributed by atoms with Crippen LogP contribution in [0.15, 0.2) is 35.4 Å². The van der Waals surface area contributed by atoms with Crippen LogP contribution in [-0.2, 0) is 4.74 Å². The van der Waals surface area contributed by atoms with Gasteiger partial charge in [0.1, 0.15) is 22.7 Å². The number of benzene rings is 1. The number of rotatable bonds is 7. The minimum Gasteiger partial charge on any atom is -0.506 e. The third-order valence-corrected chi connectivity index (χ3v) is 5.06. The summed E-state index contributed by atoms with van der Waals surface area (Å²) in [6.45, 7) is 10.2. The predicted molar refractivity (Wildman–Crippen MR) is 114 cm³/mol. The standard InChI is InChI=1S/C24H32O4/c1-16(2)9-7-10-17(3)11-8-13-24(5)14-12-19-20(28-24)15-18(4)21(22(19)25)23(26)27-6/h9,11-12,14-15,25H,7-8,10,13H2,1-6H3/t24-/m0/s1. The Kier molecular flexibility index (Phi) is 7.11. The van der Waals surface area contributed by atoms with Gasteiger partial charge >= 0.3 is 5.97 Å². The van der Waals surface area contributed by atoms with Crippen molar-refractivity contribution in [2.75, 3.05) is 7.11 Å². The summed E-state index contributed by atoms with van der Waals surface area (Å²) in [6, 6.07) is 1.80. The minimum atomic E-state index is -0.548. The first kappa shape index (κ1) is 21.8. The van der Waals surface area contributed by atoms with Crippen molar-refractivity contribution in [2.45, 2.75) is 65.9 Å². The van der Waals surface area contributed by atoms with E-state index in [-0.39, 0.29) is 11.3 Å². The van der Waals surface area contributed by atoms with E-state index >= 15 is 0 Å². The molecule has 0 unspecified atom stereocenters. The molecule has 0 radical (unpaired) electrons. The Balaban J connectivity index is 2.09. The highest BCUT2D eigenvalue weighted by atomic mass is 16.5. The molecular formula is C24H32O4. The Morgan fingerprint density at radius 3 is 2.61 bits per heavy atom. The van der Waals surface area contributed by atoms with Gasteiger partial charge in [-0.25, -0.2) is 4.79 Å². The highest BCUT2D eigenvalue weighted by molar-refractivity contribution is 5.96. The van der Waals surface area contributed by atoms with Gasteiger partial charge in [0.15, 0.2) is 0 Å². The molecule has 0 amide bonds. The molecule has 1 heterocycles. The summed E-state index contributed by atoms with van der Waals surface area (Å²) in [4.78, 5) is 11.9. The van der Waals surface area contributed by atoms with Gasteiger partial charge < -0.3 is 14.6 Å². The molecule has 0 saturated carbocycles. The average Bonchev–Trinajstić information content (AvgIpc) is 2.60. The van der Waals surface area contributed by atoms with Crippen molar-refractivity contribution in [2.24, 2.45) is 0 Å². The number of fused-ring (bicyclic) bond motifs is 1. The zero-order chi connectivity index (χ0) is 20.9. The molecule has 152 valence electrons. The minimum absolute atomic E-state index is 0.0878. The quantitative estimate of drug-likeness (QED) is 0.454. The summed E-state index contributed by atoms with van der Waals surface area (Å²) in [5.41, 5.74) is 3.64. The third kappa shape index (κ3) is 5.28. The summed E-state index contributed by atoms with van der Waals surface area (Å²) in [5, 5.41) is 10.5. The summed E-state index contributed by atoms with van der Waals surface area (Å²) < 4.78 is 11.0. The van der Waals surface area contributed by atoms with Crippen molar-refractivity contribution in [3.63, 3.8) is 0 Å². The maximum atomic E-state index is 11.9. The van der Waals surface area contributed by atoms with E-state index in [0.29, 0.717) is 16.9 Å². The zero-order valence-corrected chi connectivity index (χ0v) is 17.9. The van der Waals surface area contributed by atoms with E-state index in [1.807, 2.05) is 19.1 Å². The summed E-state index contributed by atoms with van der Waals surface area (Å²) in [6.07, 6.45) is 12.2. The number of ether oxygens (including phenoxy) is 2. The molecule has 1 aliphatic heterocycles. The number of allylic oxidation sites excluding steroid dienone is 4. The Labute approximate surface area is 168 Å². The molecule has 1 aromatic carbocycles. The van der Waals surface area contributed by atoms with Crippen LogP contribution in [0.3, 0.4) is 0 Å². The number of phenolic OH excluding ortho intramolecular Hbond substituents is 1. The fourth-order valence-electron chi connectivity index (χ4n) is 3.36. The second-order valence-corrected chi connectivity index (χ2v) is 7.98. The number of methoxy groups -OCH3 is 1. The Morgan fingerprint density at radius 1 is 1.25 bits per heavy atom. The van der Waals surface area contributed by atoms with Gasteiger partial charge in [-0.1, -0.05) is 23.3 Å². The van der Waals surface area contributed by atoms with Gasteiger partial charge in [-0.3, -0.25) is 0 Å². The number of hydrogen-bond donors (Lipinski definition) is 1. The van der Waals surface area contributed by atoms with E-state index in [1.165, 1.54) is 18.3 Å². The van der Waals surface area contributed by atoms with Crippen LogP contribution in [0.2, 0.25) is 0 Å². The second-order valence-electron chi connectivity index (χ2n) is 7.98. The van der Waals surface area contributed by atoms with Crippen LogP contribution in [0.1, 0.15) is 74.9 Å². The van der Waals surface area contributed by atoms with Gasteiger partial charge in [-0.2, -0.15) is 0 Å². The van der Waals surface area contributed by atoms with Crippen LogP contribution in [0.25, 0.3) is 6.08 Å². The van der Waals surface area contributed by atoms with Gasteiger partial charge in [-0.15, -0.1) is 0 Å². The molecule has 2 rings (SSSR count). The number of carbonyl (C=O) groups excluding carboxylic acids is 1. The largest absolute Gasteiger partial charge is 0.506 e. The topological polar surface area (TPSA) is 55.8 Å². The van der Waals surface area contributed by atoms with Crippen LogP contribution < -0.4 is 4.74 Å². The van der Waals surface area contributed by atoms with Crippen LogP contribution in [0, 0.1) is 6.92 Å². The average molecular weight is 385 g/mol. The molecule has 0 saturated heterocycles. The molecule has 0 aliphatic carbocycles. The van der Waals surface area contributed by atoms with Crippen molar-refractivity contribution >= 4 is 12.0 Å². The van der Waals surface area contributed by atoms with Gasteiger partial charge in [0.2, 0.25) is 0 Å². The number of aryl methyl sites for hydroxylation is 1. The maximum Gasteiger partial charge on any atom is 0.341 e. The van der Waals surface area contributed by atoms with Gasteiger partial charge in [0, 0.05) is 0 Å². The lowest BCUT2D eigenvalue weighted by atomic mass is 9.92. The SMILES string of the molecule is COC(=O)c1c(C)cc2c(c1O)C=C[C@](C)(CCC=C(C)CCC=C(C)C)O2. The van der Waals surface area contributed by atoms with E-state index in [4.69, 9.17) is 9.47 Å². The number of carbonyl (C=O) groups is 1. The zero-order valence-electron chi connectivity index (χ0n) is 17.9. The Morgan fingerprint density at radius 2 is 1.96 bits per heavy atom. The van der Waals surface area contributed by atoms with Crippen LogP contribution in [0.5, 0.6) is 11.5 Å². The first-order chi connectivity index (χ1) is 13.2. The molecule has 4 heteroatoms. The van der Waals surface area contributed by atoms with Crippen LogP contribution >= 0.6 is 0 Å². The van der Waals surface area contributed by atoms with Crippen LogP contribution in [-0.4, -0.2) is 23.8 Å². The molecule has 1 aliphatic rings. The molecule has 0 bridgehead atoms. The van der Waals surface area contributed by atoms with Crippen molar-refractivity contribution in [3.8, 4) is 11.5 Å². The summed E-state index contributed by atoms with van der Waals surface area (Å²) in [5.74, 6) is -0.0414. The molecule has 1 atom stereocenters. The normalized spacial score (nSPS) is 18.3. The number of aromatic hydroxyl groups is 1. The van der Waals surface area contributed by atoms with Gasteiger partial charge in [-0.05, 0) is 84.1 Å². The van der Waals surface area contributed by atoms with Crippen molar-refractivity contribution in [1.82, 2.24) is 0 Å². The Bertz CT molecular complexity index is 825. The number of esters is 1. The molecule has 4 nitrogen and oxygen atoms in total. The fraction of sp³-hybridized carbons (Fsp3) is 0.458. The van der Waals surface area contributed by atoms with E-state index < -0.39 is 11.6 Å². The van der Waals surface area contributed by atoms with E-state index in [1.54, 1.807) is 13.0 Å². The third-order valence-electron chi connectivity index (χ3n) is 5.06. The summed E-state index contributed by atoms with van der Waals surface area (Å²) >= 11 is 0. The van der Waals surface area contributed by atoms with Crippen LogP contribution in [0.4, 0.5) is 0 Å². The highest BCUT2D eigenvalue weighted by Gasteiger charge is 2.30. The maximum absolute atomic E-state index is 11.9. The predicted octanol–water partition coefficient (Wildman–Crippen LogP) is 6.12. The Hall–Kier alpha value is -2.49. The van der Waals surface area contributed by atoms with Crippen molar-refractivity contribution in [1.29, 1.82) is 0 Å². The molecule has 28 heavy (non-hydrogen) atoms.